The number of aromatic nitrogens is 4. The van der Waals surface area contributed by atoms with Crippen molar-refractivity contribution in [3.05, 3.63) is 60.2 Å². The first kappa shape index (κ1) is 12.6. The molecule has 1 aromatic heterocycles. The van der Waals surface area contributed by atoms with Gasteiger partial charge in [-0.3, -0.25) is 0 Å². The summed E-state index contributed by atoms with van der Waals surface area (Å²) >= 11 is 5.77. The van der Waals surface area contributed by atoms with E-state index in [-0.39, 0.29) is 0 Å². The summed E-state index contributed by atoms with van der Waals surface area (Å²) in [5.41, 5.74) is 2.88. The third kappa shape index (κ3) is 2.62. The zero-order valence-corrected chi connectivity index (χ0v) is 11.3. The SMILES string of the molecule is ClCc1ccc(Nc2nnnn2-c2ccccc2)cc1. The highest BCUT2D eigenvalue weighted by atomic mass is 35.5. The molecule has 1 heterocycles. The van der Waals surface area contributed by atoms with E-state index >= 15 is 0 Å². The Hall–Kier alpha value is -2.40. The molecule has 20 heavy (non-hydrogen) atoms. The zero-order chi connectivity index (χ0) is 13.8. The number of rotatable bonds is 4. The van der Waals surface area contributed by atoms with Crippen molar-refractivity contribution in [2.45, 2.75) is 5.88 Å². The van der Waals surface area contributed by atoms with Crippen molar-refractivity contribution in [1.82, 2.24) is 20.2 Å². The molecule has 0 amide bonds. The molecule has 1 N–H and O–H groups in total. The Balaban J connectivity index is 1.86. The number of anilines is 2. The fourth-order valence-corrected chi connectivity index (χ4v) is 1.99. The van der Waals surface area contributed by atoms with Crippen molar-refractivity contribution in [2.75, 3.05) is 5.32 Å². The lowest BCUT2D eigenvalue weighted by molar-refractivity contribution is 0.791. The third-order valence-corrected chi connectivity index (χ3v) is 3.14. The molecule has 2 aromatic carbocycles. The van der Waals surface area contributed by atoms with Crippen molar-refractivity contribution in [2.24, 2.45) is 0 Å². The number of tetrazole rings is 1. The predicted molar refractivity (Wildman–Crippen MR) is 78.4 cm³/mol. The Kier molecular flexibility index (Phi) is 3.60. The third-order valence-electron chi connectivity index (χ3n) is 2.83. The molecule has 3 aromatic rings. The number of benzene rings is 2. The largest absolute Gasteiger partial charge is 0.323 e. The smallest absolute Gasteiger partial charge is 0.252 e. The highest BCUT2D eigenvalue weighted by molar-refractivity contribution is 6.17. The summed E-state index contributed by atoms with van der Waals surface area (Å²) in [5.74, 6) is 1.07. The number of nitrogens with zero attached hydrogens (tertiary/aromatic N) is 4. The molecule has 0 aliphatic rings. The topological polar surface area (TPSA) is 55.6 Å². The molecule has 0 saturated heterocycles. The van der Waals surface area contributed by atoms with Crippen LogP contribution in [0.15, 0.2) is 54.6 Å². The summed E-state index contributed by atoms with van der Waals surface area (Å²) in [5, 5.41) is 14.9. The number of hydrogen-bond donors (Lipinski definition) is 1. The summed E-state index contributed by atoms with van der Waals surface area (Å²) in [6, 6.07) is 17.5. The molecule has 5 nitrogen and oxygen atoms in total. The van der Waals surface area contributed by atoms with Crippen molar-refractivity contribution >= 4 is 23.2 Å². The lowest BCUT2D eigenvalue weighted by Gasteiger charge is -2.07. The second-order valence-electron chi connectivity index (χ2n) is 4.21. The van der Waals surface area contributed by atoms with E-state index in [1.165, 1.54) is 0 Å². The molecule has 0 radical (unpaired) electrons. The zero-order valence-electron chi connectivity index (χ0n) is 10.6. The van der Waals surface area contributed by atoms with Crippen LogP contribution in [-0.2, 0) is 5.88 Å². The van der Waals surface area contributed by atoms with Crippen LogP contribution in [0.1, 0.15) is 5.56 Å². The molecule has 0 atom stereocenters. The summed E-state index contributed by atoms with van der Waals surface area (Å²) in [4.78, 5) is 0. The fraction of sp³-hybridized carbons (Fsp3) is 0.0714. The van der Waals surface area contributed by atoms with Gasteiger partial charge in [0.25, 0.3) is 5.95 Å². The van der Waals surface area contributed by atoms with Crippen LogP contribution in [0.3, 0.4) is 0 Å². The van der Waals surface area contributed by atoms with Gasteiger partial charge in [-0.15, -0.1) is 11.6 Å². The molecule has 6 heteroatoms. The second kappa shape index (κ2) is 5.71. The van der Waals surface area contributed by atoms with E-state index in [0.29, 0.717) is 11.8 Å². The van der Waals surface area contributed by atoms with Gasteiger partial charge >= 0.3 is 0 Å². The monoisotopic (exact) mass is 285 g/mol. The first-order valence-electron chi connectivity index (χ1n) is 6.12. The molecular formula is C14H12ClN5. The molecule has 0 bridgehead atoms. The maximum atomic E-state index is 5.77. The molecule has 0 aliphatic carbocycles. The van der Waals surface area contributed by atoms with Gasteiger partial charge in [0.2, 0.25) is 0 Å². The van der Waals surface area contributed by atoms with Crippen LogP contribution in [0.2, 0.25) is 0 Å². The number of para-hydroxylation sites is 1. The molecule has 0 unspecified atom stereocenters. The van der Waals surface area contributed by atoms with Crippen LogP contribution in [0, 0.1) is 0 Å². The van der Waals surface area contributed by atoms with Gasteiger partial charge in [0.15, 0.2) is 0 Å². The van der Waals surface area contributed by atoms with Gasteiger partial charge in [-0.05, 0) is 40.3 Å². The molecule has 3 rings (SSSR count). The van der Waals surface area contributed by atoms with Gasteiger partial charge in [0.05, 0.1) is 5.69 Å². The second-order valence-corrected chi connectivity index (χ2v) is 4.47. The van der Waals surface area contributed by atoms with E-state index < -0.39 is 0 Å². The fourth-order valence-electron chi connectivity index (χ4n) is 1.81. The van der Waals surface area contributed by atoms with Gasteiger partial charge in [0, 0.05) is 11.6 Å². The van der Waals surface area contributed by atoms with E-state index in [0.717, 1.165) is 16.9 Å². The maximum Gasteiger partial charge on any atom is 0.252 e. The van der Waals surface area contributed by atoms with Gasteiger partial charge in [-0.1, -0.05) is 35.4 Å². The number of halogens is 1. The quantitative estimate of drug-likeness (QED) is 0.748. The van der Waals surface area contributed by atoms with Crippen LogP contribution in [-0.4, -0.2) is 20.2 Å². The van der Waals surface area contributed by atoms with Gasteiger partial charge in [-0.25, -0.2) is 0 Å². The Bertz CT molecular complexity index is 678. The Morgan fingerprint density at radius 1 is 1.00 bits per heavy atom. The summed E-state index contributed by atoms with van der Waals surface area (Å²) in [6.45, 7) is 0. The number of nitrogens with one attached hydrogen (secondary N) is 1. The molecule has 0 aliphatic heterocycles. The highest BCUT2D eigenvalue weighted by Gasteiger charge is 2.07. The van der Waals surface area contributed by atoms with Gasteiger partial charge < -0.3 is 5.32 Å². The van der Waals surface area contributed by atoms with Crippen molar-refractivity contribution in [1.29, 1.82) is 0 Å². The lowest BCUT2D eigenvalue weighted by Crippen LogP contribution is -2.03. The average molecular weight is 286 g/mol. The van der Waals surface area contributed by atoms with Crippen LogP contribution in [0.4, 0.5) is 11.6 Å². The lowest BCUT2D eigenvalue weighted by atomic mass is 10.2. The average Bonchev–Trinajstić information content (AvgIpc) is 2.97. The first-order chi connectivity index (χ1) is 9.86. The molecule has 0 fully saturated rings. The summed E-state index contributed by atoms with van der Waals surface area (Å²) in [7, 11) is 0. The van der Waals surface area contributed by atoms with Crippen molar-refractivity contribution in [3.8, 4) is 5.69 Å². The van der Waals surface area contributed by atoms with Crippen molar-refractivity contribution in [3.63, 3.8) is 0 Å². The van der Waals surface area contributed by atoms with Crippen molar-refractivity contribution < 1.29 is 0 Å². The standard InChI is InChI=1S/C14H12ClN5/c15-10-11-6-8-12(9-7-11)16-14-17-18-19-20(14)13-4-2-1-3-5-13/h1-9H,10H2,(H,16,17,19). The molecular weight excluding hydrogens is 274 g/mol. The highest BCUT2D eigenvalue weighted by Crippen LogP contribution is 2.17. The van der Waals surface area contributed by atoms with Crippen LogP contribution in [0.5, 0.6) is 0 Å². The molecule has 100 valence electrons. The number of hydrogen-bond acceptors (Lipinski definition) is 4. The molecule has 0 spiro atoms. The maximum absolute atomic E-state index is 5.77. The minimum atomic E-state index is 0.502. The van der Waals surface area contributed by atoms with Gasteiger partial charge in [-0.2, -0.15) is 4.68 Å². The minimum Gasteiger partial charge on any atom is -0.323 e. The predicted octanol–water partition coefficient (Wildman–Crippen LogP) is 3.14. The Labute approximate surface area is 121 Å². The van der Waals surface area contributed by atoms with E-state index in [1.807, 2.05) is 54.6 Å². The van der Waals surface area contributed by atoms with Gasteiger partial charge in [0.1, 0.15) is 0 Å². The Morgan fingerprint density at radius 2 is 1.75 bits per heavy atom. The molecule has 0 saturated carbocycles. The minimum absolute atomic E-state index is 0.502. The summed E-state index contributed by atoms with van der Waals surface area (Å²) in [6.07, 6.45) is 0. The van der Waals surface area contributed by atoms with Crippen LogP contribution in [0.25, 0.3) is 5.69 Å². The van der Waals surface area contributed by atoms with Crippen LogP contribution < -0.4 is 5.32 Å². The van der Waals surface area contributed by atoms with E-state index in [2.05, 4.69) is 20.8 Å². The van der Waals surface area contributed by atoms with Crippen LogP contribution >= 0.6 is 11.6 Å². The Morgan fingerprint density at radius 3 is 2.45 bits per heavy atom. The van der Waals surface area contributed by atoms with E-state index in [4.69, 9.17) is 11.6 Å². The summed E-state index contributed by atoms with van der Waals surface area (Å²) < 4.78 is 1.65. The number of alkyl halides is 1. The van der Waals surface area contributed by atoms with E-state index in [9.17, 15) is 0 Å². The normalized spacial score (nSPS) is 10.4. The van der Waals surface area contributed by atoms with E-state index in [1.54, 1.807) is 4.68 Å². The first-order valence-corrected chi connectivity index (χ1v) is 6.66.